The van der Waals surface area contributed by atoms with Crippen molar-refractivity contribution in [1.82, 2.24) is 14.9 Å². The van der Waals surface area contributed by atoms with Gasteiger partial charge in [0.2, 0.25) is 0 Å². The van der Waals surface area contributed by atoms with Crippen molar-refractivity contribution in [3.05, 3.63) is 48.3 Å². The van der Waals surface area contributed by atoms with E-state index < -0.39 is 17.5 Å². The van der Waals surface area contributed by atoms with Gasteiger partial charge < -0.3 is 25.2 Å². The van der Waals surface area contributed by atoms with Crippen LogP contribution in [0, 0.1) is 5.82 Å². The van der Waals surface area contributed by atoms with E-state index >= 15 is 0 Å². The molecule has 3 aromatic rings. The number of benzene rings is 2. The molecule has 3 N–H and O–H groups in total. The van der Waals surface area contributed by atoms with Crippen molar-refractivity contribution in [1.29, 1.82) is 0 Å². The van der Waals surface area contributed by atoms with Gasteiger partial charge in [-0.2, -0.15) is 0 Å². The van der Waals surface area contributed by atoms with Gasteiger partial charge in [-0.1, -0.05) is 12.1 Å². The van der Waals surface area contributed by atoms with Crippen LogP contribution < -0.4 is 5.32 Å². The number of amides is 1. The van der Waals surface area contributed by atoms with Crippen LogP contribution in [0.25, 0.3) is 22.3 Å². The van der Waals surface area contributed by atoms with Crippen molar-refractivity contribution in [2.75, 3.05) is 25.0 Å². The summed E-state index contributed by atoms with van der Waals surface area (Å²) in [5.41, 5.74) is 0.158. The number of fused-ring (bicyclic) bond motifs is 1. The number of aromatic nitrogens is 2. The first-order valence-corrected chi connectivity index (χ1v) is 11.2. The number of nitrogens with zero attached hydrogens (tertiary/aromatic N) is 3. The Kier molecular flexibility index (Phi) is 7.88. The highest BCUT2D eigenvalue weighted by Crippen LogP contribution is 2.31. The van der Waals surface area contributed by atoms with Gasteiger partial charge in [0.05, 0.1) is 11.1 Å². The minimum Gasteiger partial charge on any atom is -0.507 e. The maximum absolute atomic E-state index is 13.8. The van der Waals surface area contributed by atoms with Gasteiger partial charge in [-0.15, -0.1) is 0 Å². The molecule has 9 heteroatoms. The van der Waals surface area contributed by atoms with Gasteiger partial charge in [0.15, 0.2) is 5.82 Å². The lowest BCUT2D eigenvalue weighted by Crippen LogP contribution is -2.43. The van der Waals surface area contributed by atoms with Crippen molar-refractivity contribution in [2.24, 2.45) is 0 Å². The Morgan fingerprint density at radius 1 is 1.21 bits per heavy atom. The lowest BCUT2D eigenvalue weighted by Gasteiger charge is -2.29. The van der Waals surface area contributed by atoms with E-state index in [1.165, 1.54) is 18.2 Å². The van der Waals surface area contributed by atoms with Crippen LogP contribution in [-0.4, -0.2) is 62.5 Å². The first kappa shape index (κ1) is 25.2. The number of aliphatic hydroxyl groups is 1. The maximum Gasteiger partial charge on any atom is 0.410 e. The Morgan fingerprint density at radius 2 is 1.94 bits per heavy atom. The average molecular weight is 471 g/mol. The molecule has 0 aliphatic rings. The van der Waals surface area contributed by atoms with Crippen LogP contribution in [0.15, 0.2) is 42.5 Å². The van der Waals surface area contributed by atoms with Gasteiger partial charge >= 0.3 is 6.09 Å². The minimum absolute atomic E-state index is 0.0435. The number of carbonyl (C=O) groups excluding carboxylic acids is 1. The molecule has 8 nitrogen and oxygen atoms in total. The normalized spacial score (nSPS) is 12.4. The number of ether oxygens (including phenoxy) is 1. The van der Waals surface area contributed by atoms with Crippen molar-refractivity contribution < 1.29 is 24.1 Å². The van der Waals surface area contributed by atoms with Crippen LogP contribution in [0.4, 0.5) is 15.0 Å². The second-order valence-electron chi connectivity index (χ2n) is 9.12. The van der Waals surface area contributed by atoms with E-state index in [1.807, 2.05) is 25.1 Å². The third-order valence-electron chi connectivity index (χ3n) is 4.92. The number of phenols is 1. The molecule has 1 atom stereocenters. The number of carbonyl (C=O) groups is 1. The van der Waals surface area contributed by atoms with Crippen molar-refractivity contribution >= 4 is 22.8 Å². The van der Waals surface area contributed by atoms with Crippen LogP contribution in [0.1, 0.15) is 34.1 Å². The highest BCUT2D eigenvalue weighted by Gasteiger charge is 2.24. The molecular weight excluding hydrogens is 439 g/mol. The predicted molar refractivity (Wildman–Crippen MR) is 129 cm³/mol. The molecule has 0 spiro atoms. The zero-order valence-electron chi connectivity index (χ0n) is 19.9. The molecule has 3 rings (SSSR count). The summed E-state index contributed by atoms with van der Waals surface area (Å²) in [7, 11) is 0. The van der Waals surface area contributed by atoms with Gasteiger partial charge in [0.1, 0.15) is 23.0 Å². The maximum atomic E-state index is 13.8. The van der Waals surface area contributed by atoms with E-state index in [0.717, 1.165) is 5.39 Å². The predicted octanol–water partition coefficient (Wildman–Crippen LogP) is 4.56. The first-order chi connectivity index (χ1) is 16.1. The Hall–Kier alpha value is -3.46. The lowest BCUT2D eigenvalue weighted by atomic mass is 10.1. The fourth-order valence-corrected chi connectivity index (χ4v) is 3.45. The molecule has 0 aliphatic carbocycles. The summed E-state index contributed by atoms with van der Waals surface area (Å²) in [5.74, 6) is 0.0258. The van der Waals surface area contributed by atoms with Gasteiger partial charge in [-0.3, -0.25) is 0 Å². The van der Waals surface area contributed by atoms with Gasteiger partial charge in [-0.25, -0.2) is 19.2 Å². The molecule has 1 heterocycles. The highest BCUT2D eigenvalue weighted by atomic mass is 19.1. The van der Waals surface area contributed by atoms with E-state index in [0.29, 0.717) is 30.8 Å². The minimum atomic E-state index is -0.643. The molecule has 0 saturated carbocycles. The summed E-state index contributed by atoms with van der Waals surface area (Å²) in [6.45, 7) is 7.89. The van der Waals surface area contributed by atoms with Crippen LogP contribution in [0.5, 0.6) is 5.75 Å². The molecule has 1 unspecified atom stereocenters. The Balaban J connectivity index is 1.90. The van der Waals surface area contributed by atoms with Gasteiger partial charge in [0, 0.05) is 31.1 Å². The number of hydrogen-bond donors (Lipinski definition) is 3. The number of anilines is 1. The van der Waals surface area contributed by atoms with Gasteiger partial charge in [0.25, 0.3) is 0 Å². The summed E-state index contributed by atoms with van der Waals surface area (Å²) >= 11 is 0. The van der Waals surface area contributed by atoms with Crippen LogP contribution in [-0.2, 0) is 4.74 Å². The van der Waals surface area contributed by atoms with E-state index in [4.69, 9.17) is 4.74 Å². The van der Waals surface area contributed by atoms with E-state index in [2.05, 4.69) is 15.3 Å². The molecule has 1 amide bonds. The Bertz CT molecular complexity index is 1150. The molecule has 0 bridgehead atoms. The second-order valence-corrected chi connectivity index (χ2v) is 9.12. The fraction of sp³-hybridized carbons (Fsp3) is 0.400. The molecule has 0 radical (unpaired) electrons. The topological polar surface area (TPSA) is 108 Å². The second kappa shape index (κ2) is 10.6. The molecule has 1 aromatic heterocycles. The third-order valence-corrected chi connectivity index (χ3v) is 4.92. The van der Waals surface area contributed by atoms with E-state index in [-0.39, 0.29) is 29.8 Å². The SMILES string of the molecule is CC(CN(CCCO)C(=O)OC(C)(C)C)Nc1nc(-c2cc(F)ccc2O)nc2ccccc12. The molecule has 34 heavy (non-hydrogen) atoms. The number of phenolic OH excluding ortho intramolecular Hbond substituents is 1. The summed E-state index contributed by atoms with van der Waals surface area (Å²) in [5, 5.41) is 23.5. The zero-order chi connectivity index (χ0) is 24.9. The fourth-order valence-electron chi connectivity index (χ4n) is 3.45. The number of halogens is 1. The smallest absolute Gasteiger partial charge is 0.410 e. The molecular formula is C25H31FN4O4. The number of nitrogens with one attached hydrogen (secondary N) is 1. The molecule has 182 valence electrons. The first-order valence-electron chi connectivity index (χ1n) is 11.2. The summed E-state index contributed by atoms with van der Waals surface area (Å²) in [6.07, 6.45) is -0.0432. The third kappa shape index (κ3) is 6.54. The summed E-state index contributed by atoms with van der Waals surface area (Å²) in [6, 6.07) is 10.7. The number of aliphatic hydroxyl groups excluding tert-OH is 1. The van der Waals surface area contributed by atoms with Crippen molar-refractivity contribution in [2.45, 2.75) is 45.8 Å². The lowest BCUT2D eigenvalue weighted by molar-refractivity contribution is 0.0235. The standard InChI is InChI=1S/C25H31FN4O4/c1-16(15-30(12-7-13-31)24(33)34-25(2,3)4)27-22-18-8-5-6-9-20(18)28-23(29-22)19-14-17(26)10-11-21(19)32/h5-6,8-11,14,16,31-32H,7,12-13,15H2,1-4H3,(H,27,28,29). The molecule has 2 aromatic carbocycles. The van der Waals surface area contributed by atoms with E-state index in [1.54, 1.807) is 31.7 Å². The number of hydrogen-bond acceptors (Lipinski definition) is 7. The Morgan fingerprint density at radius 3 is 2.65 bits per heavy atom. The van der Waals surface area contributed by atoms with Crippen molar-refractivity contribution in [3.63, 3.8) is 0 Å². The van der Waals surface area contributed by atoms with E-state index in [9.17, 15) is 19.4 Å². The average Bonchev–Trinajstić information content (AvgIpc) is 2.77. The highest BCUT2D eigenvalue weighted by molar-refractivity contribution is 5.91. The number of para-hydroxylation sites is 1. The van der Waals surface area contributed by atoms with Crippen LogP contribution in [0.3, 0.4) is 0 Å². The van der Waals surface area contributed by atoms with Crippen LogP contribution >= 0.6 is 0 Å². The largest absolute Gasteiger partial charge is 0.507 e. The zero-order valence-corrected chi connectivity index (χ0v) is 19.9. The van der Waals surface area contributed by atoms with Crippen LogP contribution in [0.2, 0.25) is 0 Å². The number of rotatable bonds is 8. The quantitative estimate of drug-likeness (QED) is 0.443. The molecule has 0 saturated heterocycles. The number of aromatic hydroxyl groups is 1. The molecule has 0 aliphatic heterocycles. The molecule has 0 fully saturated rings. The van der Waals surface area contributed by atoms with Gasteiger partial charge in [-0.05, 0) is 64.4 Å². The Labute approximate surface area is 198 Å². The summed E-state index contributed by atoms with van der Waals surface area (Å²) in [4.78, 5) is 23.3. The summed E-state index contributed by atoms with van der Waals surface area (Å²) < 4.78 is 19.4. The monoisotopic (exact) mass is 470 g/mol. The van der Waals surface area contributed by atoms with Crippen molar-refractivity contribution in [3.8, 4) is 17.1 Å².